The van der Waals surface area contributed by atoms with Gasteiger partial charge in [0.15, 0.2) is 0 Å². The van der Waals surface area contributed by atoms with Gasteiger partial charge in [0.25, 0.3) is 0 Å². The van der Waals surface area contributed by atoms with Gasteiger partial charge in [-0.1, -0.05) is 0 Å². The summed E-state index contributed by atoms with van der Waals surface area (Å²) < 4.78 is 9.71. The normalized spacial score (nSPS) is 16.4. The first-order valence-electron chi connectivity index (χ1n) is 5.01. The number of rotatable bonds is 8. The van der Waals surface area contributed by atoms with Crippen molar-refractivity contribution in [3.8, 4) is 0 Å². The Labute approximate surface area is 160 Å². The predicted octanol–water partition coefficient (Wildman–Crippen LogP) is 10.4. The Morgan fingerprint density at radius 1 is 0.500 bits per heavy atom. The Bertz CT molecular complexity index is 258. The first kappa shape index (κ1) is 26.2. The summed E-state index contributed by atoms with van der Waals surface area (Å²) in [6, 6.07) is 0. The van der Waals surface area contributed by atoms with Crippen molar-refractivity contribution in [2.75, 3.05) is 0 Å². The molecule has 0 spiro atoms. The van der Waals surface area contributed by atoms with Crippen LogP contribution in [0.5, 0.6) is 0 Å². The molecule has 0 radical (unpaired) electrons. The molecule has 0 amide bonds. The fraction of sp³-hybridized carbons (Fsp3) is 1.00. The zero-order chi connectivity index (χ0) is 17.1. The third-order valence-corrected chi connectivity index (χ3v) is 75.0. The van der Waals surface area contributed by atoms with Crippen LogP contribution in [0.2, 0.25) is 0 Å². The summed E-state index contributed by atoms with van der Waals surface area (Å²) in [5.74, 6) is 0. The molecule has 0 aromatic rings. The lowest BCUT2D eigenvalue weighted by molar-refractivity contribution is 2.05. The molecular formula is CH23P19. The van der Waals surface area contributed by atoms with Crippen LogP contribution in [0.4, 0.5) is 0 Å². The lowest BCUT2D eigenvalue weighted by Gasteiger charge is -2.45. The Hall–Kier alpha value is 8.17. The number of hydrogen-bond acceptors (Lipinski definition) is 0. The molecule has 0 aliphatic heterocycles. The van der Waals surface area contributed by atoms with Crippen LogP contribution in [0.15, 0.2) is 0 Å². The van der Waals surface area contributed by atoms with Gasteiger partial charge in [0.1, 0.15) is 0 Å². The molecule has 0 nitrogen and oxygen atoms in total. The molecule has 0 aromatic heterocycles. The second-order valence-electron chi connectivity index (χ2n) is 3.12. The highest BCUT2D eigenvalue weighted by molar-refractivity contribution is 9.05. The van der Waals surface area contributed by atoms with Crippen LogP contribution in [-0.4, -0.2) is 5.12 Å². The zero-order valence-electron chi connectivity index (χ0n) is 11.4. The molecule has 0 aromatic carbocycles. The molecule has 0 aliphatic carbocycles. The average molecular weight is 625 g/mol. The highest BCUT2D eigenvalue weighted by atomic mass is 33.0. The summed E-state index contributed by atoms with van der Waals surface area (Å²) in [4.78, 5) is 0. The molecule has 0 fully saturated rings. The maximum absolute atomic E-state index is 9.71. The van der Waals surface area contributed by atoms with Gasteiger partial charge in [0.2, 0.25) is 0 Å². The maximum atomic E-state index is 9.71. The van der Waals surface area contributed by atoms with Crippen molar-refractivity contribution in [2.24, 2.45) is 0 Å². The molecule has 12 unspecified atom stereocenters. The van der Waals surface area contributed by atoms with E-state index in [1.54, 1.807) is 0 Å². The Kier molecular flexibility index (Phi) is 19.7. The van der Waals surface area contributed by atoms with E-state index in [0.29, 0.717) is 0 Å². The third kappa shape index (κ3) is 10.3. The number of hydrogen-bond donors (Lipinski definition) is 0. The van der Waals surface area contributed by atoms with Gasteiger partial charge in [-0.3, -0.25) is 0 Å². The van der Waals surface area contributed by atoms with Gasteiger partial charge in [-0.25, -0.2) is 0 Å². The van der Waals surface area contributed by atoms with E-state index >= 15 is 0 Å². The lowest BCUT2D eigenvalue weighted by atomic mass is 11.9. The van der Waals surface area contributed by atoms with E-state index in [9.17, 15) is 1.37 Å². The summed E-state index contributed by atoms with van der Waals surface area (Å²) in [5, 5.41) is -0.255. The van der Waals surface area contributed by atoms with E-state index in [1.165, 1.54) is 0 Å². The molecule has 19 heteroatoms. The van der Waals surface area contributed by atoms with Gasteiger partial charge >= 0.3 is 0 Å². The maximum Gasteiger partial charge on any atom is 0.0473 e. The van der Waals surface area contributed by atoms with Gasteiger partial charge in [0, 0.05) is 6.49 Å². The molecular weight excluding hydrogens is 601 g/mol. The fourth-order valence-electron chi connectivity index (χ4n) is 1.02. The molecule has 0 N–H and O–H groups in total. The predicted molar refractivity (Wildman–Crippen MR) is 166 cm³/mol. The van der Waals surface area contributed by atoms with Gasteiger partial charge in [-0.05, 0) is 56.8 Å². The molecule has 0 aliphatic rings. The standard InChI is InChI=1S/CH23P19/c2-13(16(3)4)1(14(17(5)6)18(7)8)15(19(9)10)20(11)12/h1H,2-12H2/i1D. The molecule has 20 heavy (non-hydrogen) atoms. The highest BCUT2D eigenvalue weighted by Gasteiger charge is 2.41. The SMILES string of the molecule is [2H]C(P(P)P(P)P)(P(P(P)P)P(P)P)P(P(P)P)P(P)P. The van der Waals surface area contributed by atoms with Crippen molar-refractivity contribution in [1.82, 2.24) is 0 Å². The van der Waals surface area contributed by atoms with Crippen LogP contribution < -0.4 is 0 Å². The highest BCUT2D eigenvalue weighted by Crippen LogP contribution is 3.14. The van der Waals surface area contributed by atoms with E-state index in [-0.39, 0.29) is 54.7 Å². The average Bonchev–Trinajstić information content (AvgIpc) is 2.24. The second-order valence-corrected chi connectivity index (χ2v) is 67.6. The topological polar surface area (TPSA) is 0 Å². The summed E-state index contributed by atoms with van der Waals surface area (Å²) >= 11 is 0. The van der Waals surface area contributed by atoms with Gasteiger partial charge in [0.05, 0.1) is 0 Å². The fourth-order valence-corrected chi connectivity index (χ4v) is 121. The van der Waals surface area contributed by atoms with Gasteiger partial charge in [-0.15, -0.1) is 98.2 Å². The minimum absolute atomic E-state index is 0.238. The van der Waals surface area contributed by atoms with E-state index in [2.05, 4.69) is 98.2 Å². The van der Waals surface area contributed by atoms with Crippen molar-refractivity contribution >= 4 is 155 Å². The van der Waals surface area contributed by atoms with Gasteiger partial charge in [-0.2, -0.15) is 0 Å². The molecule has 0 heterocycles. The Morgan fingerprint density at radius 2 is 0.750 bits per heavy atom. The quantitative estimate of drug-likeness (QED) is 0.236. The third-order valence-electron chi connectivity index (χ3n) is 1.69. The minimum atomic E-state index is -0.404. The monoisotopic (exact) mass is 625 g/mol. The second kappa shape index (κ2) is 15.0. The van der Waals surface area contributed by atoms with Crippen molar-refractivity contribution in [3.63, 3.8) is 0 Å². The van der Waals surface area contributed by atoms with Crippen LogP contribution in [0.3, 0.4) is 0 Å². The Balaban J connectivity index is 6.09. The van der Waals surface area contributed by atoms with E-state index in [4.69, 9.17) is 0 Å². The molecule has 0 bridgehead atoms. The lowest BCUT2D eigenvalue weighted by Crippen LogP contribution is -1.88. The van der Waals surface area contributed by atoms with E-state index in [1.807, 2.05) is 0 Å². The summed E-state index contributed by atoms with van der Waals surface area (Å²) in [6.45, 7) is -1.19. The van der Waals surface area contributed by atoms with Crippen LogP contribution in [-0.2, 0) is 0 Å². The molecule has 0 saturated heterocycles. The molecule has 0 saturated carbocycles. The smallest absolute Gasteiger partial charge is 0.0473 e. The van der Waals surface area contributed by atoms with E-state index < -0.39 is 7.30 Å². The first-order valence-corrected chi connectivity index (χ1v) is 36.6. The van der Waals surface area contributed by atoms with Crippen LogP contribution in [0.1, 0.15) is 1.37 Å². The van der Waals surface area contributed by atoms with Gasteiger partial charge < -0.3 is 0 Å². The first-order chi connectivity index (χ1) is 9.38. The van der Waals surface area contributed by atoms with Crippen LogP contribution >= 0.6 is 155 Å². The largest absolute Gasteiger partial charge is 0.105 e. The van der Waals surface area contributed by atoms with Crippen LogP contribution in [0, 0.1) is 0 Å². The Morgan fingerprint density at radius 3 is 0.900 bits per heavy atom. The van der Waals surface area contributed by atoms with Crippen molar-refractivity contribution in [2.45, 2.75) is 5.12 Å². The molecule has 122 valence electrons. The van der Waals surface area contributed by atoms with Crippen molar-refractivity contribution < 1.29 is 1.37 Å². The zero-order valence-corrected chi connectivity index (χ0v) is 30.3. The molecule has 0 rings (SSSR count). The van der Waals surface area contributed by atoms with Crippen molar-refractivity contribution in [3.05, 3.63) is 0 Å². The minimum Gasteiger partial charge on any atom is -0.105 e. The van der Waals surface area contributed by atoms with Crippen LogP contribution in [0.25, 0.3) is 0 Å². The van der Waals surface area contributed by atoms with Crippen molar-refractivity contribution in [1.29, 1.82) is 0 Å². The molecule has 12 atom stereocenters. The van der Waals surface area contributed by atoms with E-state index in [0.717, 1.165) is 0 Å². The summed E-state index contributed by atoms with van der Waals surface area (Å²) in [5.41, 5.74) is 0. The summed E-state index contributed by atoms with van der Waals surface area (Å²) in [6.07, 6.45) is 0. The summed E-state index contributed by atoms with van der Waals surface area (Å²) in [7, 11) is 32.3.